The number of rotatable bonds is 3. The third-order valence-corrected chi connectivity index (χ3v) is 4.62. The van der Waals surface area contributed by atoms with E-state index < -0.39 is 0 Å². The number of nitrogens with zero attached hydrogens (tertiary/aromatic N) is 5. The first kappa shape index (κ1) is 14.4. The van der Waals surface area contributed by atoms with Crippen LogP contribution in [0.1, 0.15) is 12.8 Å². The number of piperidine rings is 1. The van der Waals surface area contributed by atoms with Gasteiger partial charge in [-0.3, -0.25) is 0 Å². The van der Waals surface area contributed by atoms with Crippen molar-refractivity contribution in [3.05, 3.63) is 47.3 Å². The summed E-state index contributed by atoms with van der Waals surface area (Å²) in [5.74, 6) is 1.67. The van der Waals surface area contributed by atoms with Crippen LogP contribution in [0.4, 0.5) is 5.82 Å². The summed E-state index contributed by atoms with van der Waals surface area (Å²) in [6, 6.07) is 7.69. The first-order chi connectivity index (χ1) is 11.3. The Morgan fingerprint density at radius 2 is 2.00 bits per heavy atom. The lowest BCUT2D eigenvalue weighted by molar-refractivity contribution is 0.164. The van der Waals surface area contributed by atoms with Crippen molar-refractivity contribution in [2.75, 3.05) is 18.0 Å². The second-order valence-corrected chi connectivity index (χ2v) is 6.37. The van der Waals surface area contributed by atoms with Gasteiger partial charge in [-0.2, -0.15) is 10.1 Å². The highest BCUT2D eigenvalue weighted by Gasteiger charge is 2.23. The summed E-state index contributed by atoms with van der Waals surface area (Å²) in [5, 5.41) is 4.14. The summed E-state index contributed by atoms with van der Waals surface area (Å²) in [6.07, 6.45) is 7.52. The van der Waals surface area contributed by atoms with Crippen LogP contribution in [0.3, 0.4) is 0 Å². The number of anilines is 1. The molecule has 0 spiro atoms. The van der Waals surface area contributed by atoms with Crippen LogP contribution >= 0.6 is 15.9 Å². The monoisotopic (exact) mass is 373 g/mol. The van der Waals surface area contributed by atoms with Gasteiger partial charge < -0.3 is 9.64 Å². The molecule has 0 bridgehead atoms. The fraction of sp³-hybridized carbons (Fsp3) is 0.312. The molecule has 0 amide bonds. The Kier molecular flexibility index (Phi) is 3.87. The zero-order valence-electron chi connectivity index (χ0n) is 12.5. The Morgan fingerprint density at radius 1 is 1.13 bits per heavy atom. The van der Waals surface area contributed by atoms with Crippen molar-refractivity contribution in [3.63, 3.8) is 0 Å². The Bertz CT molecular complexity index is 813. The van der Waals surface area contributed by atoms with Gasteiger partial charge in [0.1, 0.15) is 11.9 Å². The molecule has 1 aliphatic rings. The molecular formula is C16H16BrN5O. The van der Waals surface area contributed by atoms with Gasteiger partial charge in [0, 0.05) is 50.5 Å². The van der Waals surface area contributed by atoms with Crippen molar-refractivity contribution in [2.45, 2.75) is 18.9 Å². The highest BCUT2D eigenvalue weighted by Crippen LogP contribution is 2.27. The highest BCUT2D eigenvalue weighted by atomic mass is 79.9. The van der Waals surface area contributed by atoms with Gasteiger partial charge in [-0.25, -0.2) is 9.50 Å². The molecule has 6 nitrogen and oxygen atoms in total. The van der Waals surface area contributed by atoms with Gasteiger partial charge in [-0.05, 0) is 28.1 Å². The van der Waals surface area contributed by atoms with Crippen molar-refractivity contribution >= 4 is 27.4 Å². The first-order valence-electron chi connectivity index (χ1n) is 7.62. The minimum Gasteiger partial charge on any atom is -0.474 e. The molecule has 23 heavy (non-hydrogen) atoms. The van der Waals surface area contributed by atoms with E-state index in [0.29, 0.717) is 5.88 Å². The first-order valence-corrected chi connectivity index (χ1v) is 8.41. The Balaban J connectivity index is 1.40. The summed E-state index contributed by atoms with van der Waals surface area (Å²) in [6.45, 7) is 1.85. The number of halogens is 1. The second-order valence-electron chi connectivity index (χ2n) is 5.51. The van der Waals surface area contributed by atoms with Crippen LogP contribution in [-0.2, 0) is 0 Å². The van der Waals surface area contributed by atoms with E-state index in [1.165, 1.54) is 0 Å². The number of ether oxygens (including phenoxy) is 1. The van der Waals surface area contributed by atoms with Crippen LogP contribution < -0.4 is 9.64 Å². The molecule has 0 atom stereocenters. The molecule has 1 saturated heterocycles. The fourth-order valence-corrected chi connectivity index (χ4v) is 3.33. The van der Waals surface area contributed by atoms with Crippen LogP contribution in [0, 0.1) is 0 Å². The predicted molar refractivity (Wildman–Crippen MR) is 90.8 cm³/mol. The number of pyridine rings is 1. The number of hydrogen-bond acceptors (Lipinski definition) is 5. The molecule has 118 valence electrons. The smallest absolute Gasteiger partial charge is 0.217 e. The molecule has 3 aromatic rings. The largest absolute Gasteiger partial charge is 0.474 e. The summed E-state index contributed by atoms with van der Waals surface area (Å²) in [5.41, 5.74) is 0.803. The summed E-state index contributed by atoms with van der Waals surface area (Å²) < 4.78 is 8.80. The zero-order chi connectivity index (χ0) is 15.6. The van der Waals surface area contributed by atoms with Crippen molar-refractivity contribution in [1.82, 2.24) is 19.6 Å². The van der Waals surface area contributed by atoms with E-state index in [9.17, 15) is 0 Å². The maximum absolute atomic E-state index is 6.04. The molecule has 0 aliphatic carbocycles. The van der Waals surface area contributed by atoms with Crippen molar-refractivity contribution in [3.8, 4) is 5.88 Å². The fourth-order valence-electron chi connectivity index (χ4n) is 2.83. The lowest BCUT2D eigenvalue weighted by atomic mass is 10.1. The van der Waals surface area contributed by atoms with Gasteiger partial charge in [0.15, 0.2) is 5.65 Å². The zero-order valence-corrected chi connectivity index (χ0v) is 14.1. The standard InChI is InChI=1S/C16H16BrN5O/c17-13-2-1-7-18-16(13)21-9-4-12(5-10-21)23-15-6-11-22-14(20-15)3-8-19-22/h1-3,6-8,11-12H,4-5,9-10H2. The van der Waals surface area contributed by atoms with Crippen LogP contribution in [0.15, 0.2) is 47.3 Å². The van der Waals surface area contributed by atoms with Crippen LogP contribution in [0.2, 0.25) is 0 Å². The van der Waals surface area contributed by atoms with Crippen molar-refractivity contribution in [1.29, 1.82) is 0 Å². The van der Waals surface area contributed by atoms with Crippen LogP contribution in [0.5, 0.6) is 5.88 Å². The molecule has 0 aromatic carbocycles. The minimum absolute atomic E-state index is 0.187. The van der Waals surface area contributed by atoms with Gasteiger partial charge in [0.25, 0.3) is 0 Å². The van der Waals surface area contributed by atoms with Gasteiger partial charge in [0.2, 0.25) is 5.88 Å². The molecule has 7 heteroatoms. The molecule has 0 saturated carbocycles. The summed E-state index contributed by atoms with van der Waals surface area (Å²) in [7, 11) is 0. The normalized spacial score (nSPS) is 16.0. The van der Waals surface area contributed by atoms with Gasteiger partial charge in [0.05, 0.1) is 10.7 Å². The third-order valence-electron chi connectivity index (χ3n) is 4.00. The second kappa shape index (κ2) is 6.16. The minimum atomic E-state index is 0.187. The van der Waals surface area contributed by atoms with Crippen molar-refractivity contribution in [2.24, 2.45) is 0 Å². The lowest BCUT2D eigenvalue weighted by Gasteiger charge is -2.33. The number of fused-ring (bicyclic) bond motifs is 1. The molecule has 4 rings (SSSR count). The highest BCUT2D eigenvalue weighted by molar-refractivity contribution is 9.10. The molecule has 0 N–H and O–H groups in total. The van der Waals surface area contributed by atoms with E-state index in [-0.39, 0.29) is 6.10 Å². The molecule has 0 unspecified atom stereocenters. The molecule has 1 fully saturated rings. The maximum Gasteiger partial charge on any atom is 0.217 e. The maximum atomic E-state index is 6.04. The van der Waals surface area contributed by atoms with E-state index in [1.807, 2.05) is 36.7 Å². The third kappa shape index (κ3) is 3.01. The van der Waals surface area contributed by atoms with Crippen LogP contribution in [-0.4, -0.2) is 38.8 Å². The molecule has 0 radical (unpaired) electrons. The summed E-state index contributed by atoms with van der Waals surface area (Å²) in [4.78, 5) is 11.2. The van der Waals surface area contributed by atoms with E-state index in [1.54, 1.807) is 10.7 Å². The SMILES string of the molecule is Brc1cccnc1N1CCC(Oc2ccn3nccc3n2)CC1. The van der Waals surface area contributed by atoms with Gasteiger partial charge >= 0.3 is 0 Å². The van der Waals surface area contributed by atoms with Gasteiger partial charge in [-0.15, -0.1) is 0 Å². The summed E-state index contributed by atoms with van der Waals surface area (Å²) >= 11 is 3.57. The van der Waals surface area contributed by atoms with Crippen LogP contribution in [0.25, 0.3) is 5.65 Å². The quantitative estimate of drug-likeness (QED) is 0.706. The Hall–Kier alpha value is -2.15. The molecular weight excluding hydrogens is 358 g/mol. The molecule has 3 aromatic heterocycles. The molecule has 1 aliphatic heterocycles. The average Bonchev–Trinajstić information content (AvgIpc) is 3.04. The Morgan fingerprint density at radius 3 is 2.83 bits per heavy atom. The lowest BCUT2D eigenvalue weighted by Crippen LogP contribution is -2.39. The van der Waals surface area contributed by atoms with E-state index >= 15 is 0 Å². The van der Waals surface area contributed by atoms with E-state index in [2.05, 4.69) is 35.9 Å². The van der Waals surface area contributed by atoms with Gasteiger partial charge in [-0.1, -0.05) is 0 Å². The molecule has 4 heterocycles. The Labute approximate surface area is 142 Å². The van der Waals surface area contributed by atoms with Crippen molar-refractivity contribution < 1.29 is 4.74 Å². The average molecular weight is 374 g/mol. The number of hydrogen-bond donors (Lipinski definition) is 0. The van der Waals surface area contributed by atoms with E-state index in [4.69, 9.17) is 4.74 Å². The topological polar surface area (TPSA) is 55.6 Å². The predicted octanol–water partition coefficient (Wildman–Crippen LogP) is 2.93. The number of aromatic nitrogens is 4. The van der Waals surface area contributed by atoms with E-state index in [0.717, 1.165) is 41.9 Å².